The monoisotopic (exact) mass is 299 g/mol. The molecule has 1 amide bonds. The third-order valence-corrected chi connectivity index (χ3v) is 3.78. The predicted octanol–water partition coefficient (Wildman–Crippen LogP) is 0.856. The second-order valence-electron chi connectivity index (χ2n) is 5.27. The van der Waals surface area contributed by atoms with Gasteiger partial charge in [0, 0.05) is 31.4 Å². The number of piperidine rings is 1. The Morgan fingerprint density at radius 3 is 2.85 bits per heavy atom. The summed E-state index contributed by atoms with van der Waals surface area (Å²) in [6.45, 7) is 3.51. The SMILES string of the molecule is CC1CCN(C(=O)Cn2ccccc2=O)C(CN)C1.Cl. The molecule has 5 nitrogen and oxygen atoms in total. The topological polar surface area (TPSA) is 68.3 Å². The number of nitrogens with zero attached hydrogens (tertiary/aromatic N) is 2. The third kappa shape index (κ3) is 3.84. The number of likely N-dealkylation sites (tertiary alicyclic amines) is 1. The molecule has 20 heavy (non-hydrogen) atoms. The van der Waals surface area contributed by atoms with Crippen LogP contribution in [0.15, 0.2) is 29.2 Å². The van der Waals surface area contributed by atoms with Crippen LogP contribution in [0.2, 0.25) is 0 Å². The molecule has 0 aliphatic carbocycles. The highest BCUT2D eigenvalue weighted by Crippen LogP contribution is 2.22. The van der Waals surface area contributed by atoms with Gasteiger partial charge < -0.3 is 15.2 Å². The molecule has 2 unspecified atom stereocenters. The number of pyridine rings is 1. The Morgan fingerprint density at radius 2 is 2.20 bits per heavy atom. The lowest BCUT2D eigenvalue weighted by atomic mass is 9.92. The first kappa shape index (κ1) is 16.7. The lowest BCUT2D eigenvalue weighted by molar-refractivity contribution is -0.136. The van der Waals surface area contributed by atoms with Gasteiger partial charge in [-0.25, -0.2) is 0 Å². The number of carbonyl (C=O) groups excluding carboxylic acids is 1. The minimum atomic E-state index is -0.148. The van der Waals surface area contributed by atoms with Gasteiger partial charge in [-0.15, -0.1) is 12.4 Å². The van der Waals surface area contributed by atoms with E-state index in [1.165, 1.54) is 10.6 Å². The summed E-state index contributed by atoms with van der Waals surface area (Å²) in [4.78, 5) is 25.7. The molecule has 0 bridgehead atoms. The van der Waals surface area contributed by atoms with Crippen LogP contribution in [0.4, 0.5) is 0 Å². The van der Waals surface area contributed by atoms with E-state index in [4.69, 9.17) is 5.73 Å². The number of rotatable bonds is 3. The van der Waals surface area contributed by atoms with Crippen molar-refractivity contribution in [2.45, 2.75) is 32.4 Å². The fourth-order valence-corrected chi connectivity index (χ4v) is 2.63. The Balaban J connectivity index is 0.00000200. The van der Waals surface area contributed by atoms with Crippen LogP contribution in [0.5, 0.6) is 0 Å². The normalized spacial score (nSPS) is 22.2. The molecular weight excluding hydrogens is 278 g/mol. The molecule has 2 N–H and O–H groups in total. The molecule has 1 saturated heterocycles. The van der Waals surface area contributed by atoms with E-state index >= 15 is 0 Å². The number of hydrogen-bond acceptors (Lipinski definition) is 3. The van der Waals surface area contributed by atoms with Crippen molar-refractivity contribution >= 4 is 18.3 Å². The third-order valence-electron chi connectivity index (χ3n) is 3.78. The first-order valence-electron chi connectivity index (χ1n) is 6.77. The maximum absolute atomic E-state index is 12.3. The van der Waals surface area contributed by atoms with Crippen LogP contribution in [-0.2, 0) is 11.3 Å². The number of carbonyl (C=O) groups is 1. The van der Waals surface area contributed by atoms with Crippen LogP contribution in [-0.4, -0.2) is 34.5 Å². The van der Waals surface area contributed by atoms with Crippen molar-refractivity contribution in [2.75, 3.05) is 13.1 Å². The first-order valence-corrected chi connectivity index (χ1v) is 6.77. The maximum atomic E-state index is 12.3. The van der Waals surface area contributed by atoms with E-state index in [0.717, 1.165) is 19.4 Å². The average molecular weight is 300 g/mol. The van der Waals surface area contributed by atoms with E-state index in [-0.39, 0.29) is 36.5 Å². The van der Waals surface area contributed by atoms with Crippen molar-refractivity contribution in [3.05, 3.63) is 34.7 Å². The average Bonchev–Trinajstić information content (AvgIpc) is 2.41. The Bertz CT molecular complexity index is 503. The second kappa shape index (κ2) is 7.45. The van der Waals surface area contributed by atoms with Gasteiger partial charge in [0.1, 0.15) is 6.54 Å². The number of nitrogens with two attached hydrogens (primary N) is 1. The smallest absolute Gasteiger partial charge is 0.250 e. The largest absolute Gasteiger partial charge is 0.337 e. The van der Waals surface area contributed by atoms with Crippen molar-refractivity contribution in [2.24, 2.45) is 11.7 Å². The molecule has 0 spiro atoms. The Labute approximate surface area is 125 Å². The molecule has 2 heterocycles. The van der Waals surface area contributed by atoms with E-state index in [0.29, 0.717) is 12.5 Å². The van der Waals surface area contributed by atoms with E-state index < -0.39 is 0 Å². The fraction of sp³-hybridized carbons (Fsp3) is 0.571. The Kier molecular flexibility index (Phi) is 6.23. The summed E-state index contributed by atoms with van der Waals surface area (Å²) in [7, 11) is 0. The minimum absolute atomic E-state index is 0. The van der Waals surface area contributed by atoms with Crippen molar-refractivity contribution < 1.29 is 4.79 Å². The maximum Gasteiger partial charge on any atom is 0.250 e. The van der Waals surface area contributed by atoms with Crippen LogP contribution in [0.25, 0.3) is 0 Å². The number of amides is 1. The highest BCUT2D eigenvalue weighted by molar-refractivity contribution is 5.85. The first-order chi connectivity index (χ1) is 9.11. The van der Waals surface area contributed by atoms with Crippen LogP contribution in [0, 0.1) is 5.92 Å². The van der Waals surface area contributed by atoms with Gasteiger partial charge in [0.05, 0.1) is 0 Å². The Hall–Kier alpha value is -1.33. The van der Waals surface area contributed by atoms with Crippen LogP contribution in [0.3, 0.4) is 0 Å². The summed E-state index contributed by atoms with van der Waals surface area (Å²) in [5.74, 6) is 0.590. The zero-order chi connectivity index (χ0) is 13.8. The van der Waals surface area contributed by atoms with Crippen LogP contribution < -0.4 is 11.3 Å². The van der Waals surface area contributed by atoms with Crippen LogP contribution in [0.1, 0.15) is 19.8 Å². The highest BCUT2D eigenvalue weighted by Gasteiger charge is 2.28. The van der Waals surface area contributed by atoms with Gasteiger partial charge in [0.15, 0.2) is 0 Å². The molecule has 1 aromatic heterocycles. The van der Waals surface area contributed by atoms with Crippen molar-refractivity contribution in [1.29, 1.82) is 0 Å². The Morgan fingerprint density at radius 1 is 1.45 bits per heavy atom. The molecule has 6 heteroatoms. The standard InChI is InChI=1S/C14H21N3O2.ClH/c1-11-5-7-17(12(8-11)9-15)14(19)10-16-6-3-2-4-13(16)18;/h2-4,6,11-12H,5,7-10,15H2,1H3;1H. The van der Waals surface area contributed by atoms with Gasteiger partial charge >= 0.3 is 0 Å². The zero-order valence-corrected chi connectivity index (χ0v) is 12.5. The summed E-state index contributed by atoms with van der Waals surface area (Å²) in [6, 6.07) is 5.00. The number of hydrogen-bond donors (Lipinski definition) is 1. The summed E-state index contributed by atoms with van der Waals surface area (Å²) < 4.78 is 1.44. The fourth-order valence-electron chi connectivity index (χ4n) is 2.63. The molecule has 2 rings (SSSR count). The van der Waals surface area contributed by atoms with Crippen molar-refractivity contribution in [1.82, 2.24) is 9.47 Å². The number of aromatic nitrogens is 1. The van der Waals surface area contributed by atoms with E-state index in [9.17, 15) is 9.59 Å². The van der Waals surface area contributed by atoms with Crippen molar-refractivity contribution in [3.8, 4) is 0 Å². The summed E-state index contributed by atoms with van der Waals surface area (Å²) in [5.41, 5.74) is 5.61. The molecule has 0 aromatic carbocycles. The summed E-state index contributed by atoms with van der Waals surface area (Å²) in [6.07, 6.45) is 3.60. The van der Waals surface area contributed by atoms with Gasteiger partial charge in [0.25, 0.3) is 5.56 Å². The molecule has 112 valence electrons. The zero-order valence-electron chi connectivity index (χ0n) is 11.7. The lowest BCUT2D eigenvalue weighted by Gasteiger charge is -2.38. The lowest BCUT2D eigenvalue weighted by Crippen LogP contribution is -2.50. The van der Waals surface area contributed by atoms with E-state index in [1.54, 1.807) is 18.3 Å². The molecule has 1 aliphatic heterocycles. The highest BCUT2D eigenvalue weighted by atomic mass is 35.5. The molecule has 1 fully saturated rings. The van der Waals surface area contributed by atoms with E-state index in [1.807, 2.05) is 4.90 Å². The minimum Gasteiger partial charge on any atom is -0.337 e. The quantitative estimate of drug-likeness (QED) is 0.900. The molecule has 0 saturated carbocycles. The molecule has 0 radical (unpaired) electrons. The molecular formula is C14H22ClN3O2. The van der Waals surface area contributed by atoms with Gasteiger partial charge in [-0.1, -0.05) is 13.0 Å². The van der Waals surface area contributed by atoms with E-state index in [2.05, 4.69) is 6.92 Å². The van der Waals surface area contributed by atoms with Gasteiger partial charge in [-0.05, 0) is 24.8 Å². The number of halogens is 1. The molecule has 1 aromatic rings. The second-order valence-corrected chi connectivity index (χ2v) is 5.27. The molecule has 1 aliphatic rings. The van der Waals surface area contributed by atoms with Gasteiger partial charge in [-0.3, -0.25) is 9.59 Å². The summed E-state index contributed by atoms with van der Waals surface area (Å²) >= 11 is 0. The summed E-state index contributed by atoms with van der Waals surface area (Å²) in [5, 5.41) is 0. The van der Waals surface area contributed by atoms with Gasteiger partial charge in [-0.2, -0.15) is 0 Å². The predicted molar refractivity (Wildman–Crippen MR) is 80.9 cm³/mol. The molecule has 2 atom stereocenters. The van der Waals surface area contributed by atoms with Gasteiger partial charge in [0.2, 0.25) is 5.91 Å². The van der Waals surface area contributed by atoms with Crippen molar-refractivity contribution in [3.63, 3.8) is 0 Å². The van der Waals surface area contributed by atoms with Crippen LogP contribution >= 0.6 is 12.4 Å².